The van der Waals surface area contributed by atoms with Crippen LogP contribution in [0, 0.1) is 0 Å². The predicted molar refractivity (Wildman–Crippen MR) is 630 cm³/mol. The molecule has 3 aromatic heterocycles. The van der Waals surface area contributed by atoms with Crippen molar-refractivity contribution in [3.05, 3.63) is 345 Å². The summed E-state index contributed by atoms with van der Waals surface area (Å²) in [4.78, 5) is 3.52. The molecule has 0 bridgehead atoms. The second-order valence-corrected chi connectivity index (χ2v) is 52.8. The Morgan fingerprint density at radius 2 is 0.472 bits per heavy atom. The summed E-state index contributed by atoms with van der Waals surface area (Å²) in [6, 6.07) is 25.9. The van der Waals surface area contributed by atoms with Crippen molar-refractivity contribution in [3.63, 3.8) is 0 Å². The first kappa shape index (κ1) is 71.8. The van der Waals surface area contributed by atoms with Gasteiger partial charge in [0.15, 0.2) is 0 Å². The van der Waals surface area contributed by atoms with Gasteiger partial charge < -0.3 is 23.5 Å². The molecule has 2 aliphatic rings. The lowest BCUT2D eigenvalue weighted by molar-refractivity contribution is 0.569. The molecule has 0 radical (unpaired) electrons. The van der Waals surface area contributed by atoms with Crippen LogP contribution in [-0.2, 0) is 65.0 Å². The van der Waals surface area contributed by atoms with Crippen molar-refractivity contribution >= 4 is 123 Å². The van der Waals surface area contributed by atoms with Crippen LogP contribution in [0.25, 0.3) is 127 Å². The quantitative estimate of drug-likeness (QED) is 0.134. The first-order chi connectivity index (χ1) is 77.9. The van der Waals surface area contributed by atoms with Gasteiger partial charge in [0.2, 0.25) is 0 Å². The maximum Gasteiger partial charge on any atom is 0.252 e. The van der Waals surface area contributed by atoms with Gasteiger partial charge in [0.05, 0.1) is 85.8 Å². The summed E-state index contributed by atoms with van der Waals surface area (Å²) in [5, 5.41) is 2.71. The first-order valence-electron chi connectivity index (χ1n) is 64.1. The van der Waals surface area contributed by atoms with E-state index >= 15 is 0 Å². The molecule has 0 amide bonds. The molecule has 0 saturated heterocycles. The van der Waals surface area contributed by atoms with Gasteiger partial charge in [-0.25, -0.2) is 0 Å². The minimum absolute atomic E-state index is 0.00886. The Bertz CT molecular complexity index is 9230. The van der Waals surface area contributed by atoms with Gasteiger partial charge in [-0.05, 0) is 292 Å². The summed E-state index contributed by atoms with van der Waals surface area (Å²) >= 11 is 0. The van der Waals surface area contributed by atoms with E-state index in [0.717, 1.165) is 65.9 Å². The number of para-hydroxylation sites is 2. The molecule has 18 aromatic rings. The molecular formula is C138H154BN5. The van der Waals surface area contributed by atoms with Crippen LogP contribution < -0.4 is 26.2 Å². The largest absolute Gasteiger partial charge is 0.310 e. The van der Waals surface area contributed by atoms with Crippen LogP contribution in [0.5, 0.6) is 0 Å². The van der Waals surface area contributed by atoms with Gasteiger partial charge in [-0.3, -0.25) is 0 Å². The molecule has 0 N–H and O–H groups in total. The molecule has 0 atom stereocenters. The Balaban J connectivity index is 1.18. The summed E-state index contributed by atoms with van der Waals surface area (Å²) in [5.41, 5.74) is -6.59. The van der Waals surface area contributed by atoms with Crippen molar-refractivity contribution in [1.82, 2.24) is 13.7 Å². The van der Waals surface area contributed by atoms with Crippen LogP contribution in [0.3, 0.4) is 0 Å². The standard InChI is InChI=1S/C138H154BN5/c1-127(2,3)85-49-45-83(46-50-85)102-73-93(135(25,26)27)75-108(98-61-53-91(133(19,20)21)77-110(98)137(31,32)33)125(102)143-120-79-95(140-116-65-55-87(129(7,8)9)69-104(116)105-70-88(130(10,11)12)56-66-117(105)140)59-63-112(120)139-113-64-60-96(141-118-67-57-89(131(13,14)15)71-106(118)107-72-90(132(16,17)18)58-68-119(107)141)80-121(113)144(123-82-97(81-122(143)124(123)139)142-114-43-39-37-41-100(114)101-42-38-40-44-115(101)142)126-103(84-47-51-86(52-48-84)128(4,5)6)74-94(136(28,29)30)76-109(126)99-62-54-92(134(22,23)24)78-111(99)138(34,35)36/h37-82H,1-36H3/i37D,38D,39D,40D,41D,42D,43D,44D,45D,46D,47D,48D,49D,50D,51D,52D,53D,54D,61D,62D,73D,74D,75D,76D,77D,78D. The van der Waals surface area contributed by atoms with Crippen molar-refractivity contribution in [2.75, 3.05) is 9.80 Å². The lowest BCUT2D eigenvalue weighted by Gasteiger charge is -2.46. The maximum absolute atomic E-state index is 12.1. The van der Waals surface area contributed by atoms with E-state index in [9.17, 15) is 35.6 Å². The zero-order valence-electron chi connectivity index (χ0n) is 117. The Hall–Kier alpha value is -12.6. The third-order valence-electron chi connectivity index (χ3n) is 29.1. The molecule has 5 nitrogen and oxygen atoms in total. The molecule has 6 heteroatoms. The number of rotatable bonds is 9. The van der Waals surface area contributed by atoms with E-state index in [0.29, 0.717) is 22.3 Å². The smallest absolute Gasteiger partial charge is 0.252 e. The average Bonchev–Trinajstić information content (AvgIpc) is 0.971. The molecule has 15 aromatic carbocycles. The van der Waals surface area contributed by atoms with Crippen LogP contribution in [0.1, 0.15) is 352 Å². The molecule has 144 heavy (non-hydrogen) atoms. The molecule has 5 heterocycles. The van der Waals surface area contributed by atoms with Crippen molar-refractivity contribution < 1.29 is 35.6 Å². The van der Waals surface area contributed by atoms with E-state index in [4.69, 9.17) is 0 Å². The topological polar surface area (TPSA) is 21.3 Å². The maximum atomic E-state index is 12.1. The van der Waals surface area contributed by atoms with Crippen molar-refractivity contribution in [2.24, 2.45) is 0 Å². The third-order valence-corrected chi connectivity index (χ3v) is 29.1. The van der Waals surface area contributed by atoms with Crippen LogP contribution in [-0.4, -0.2) is 20.4 Å². The Morgan fingerprint density at radius 3 is 0.764 bits per heavy atom. The number of aromatic nitrogens is 3. The Kier molecular flexibility index (Phi) is 16.7. The number of anilines is 6. The average molecular weight is 1920 g/mol. The summed E-state index contributed by atoms with van der Waals surface area (Å²) < 4.78 is 291. The second kappa shape index (κ2) is 33.5. The zero-order chi connectivity index (χ0) is 126. The fourth-order valence-corrected chi connectivity index (χ4v) is 20.6. The van der Waals surface area contributed by atoms with Crippen molar-refractivity contribution in [3.8, 4) is 61.6 Å². The van der Waals surface area contributed by atoms with Gasteiger partial charge in [0, 0.05) is 88.7 Å². The van der Waals surface area contributed by atoms with Gasteiger partial charge in [0.25, 0.3) is 6.71 Å². The van der Waals surface area contributed by atoms with E-state index in [-0.39, 0.29) is 146 Å². The summed E-state index contributed by atoms with van der Waals surface area (Å²) in [5.74, 6) is 0. The fraction of sp³-hybridized carbons (Fsp3) is 0.348. The highest BCUT2D eigenvalue weighted by atomic mass is 15.2. The highest BCUT2D eigenvalue weighted by Crippen LogP contribution is 2.59. The number of nitrogens with zero attached hydrogens (tertiary/aromatic N) is 5. The molecule has 20 rings (SSSR count). The lowest BCUT2D eigenvalue weighted by Crippen LogP contribution is -2.61. The molecule has 734 valence electrons. The Morgan fingerprint density at radius 1 is 0.201 bits per heavy atom. The molecule has 0 unspecified atom stereocenters. The molecule has 0 fully saturated rings. The second-order valence-electron chi connectivity index (χ2n) is 52.8. The lowest BCUT2D eigenvalue weighted by atomic mass is 9.33. The molecule has 0 saturated carbocycles. The van der Waals surface area contributed by atoms with Crippen LogP contribution in [0.4, 0.5) is 34.1 Å². The molecular weight excluding hydrogens is 1740 g/mol. The van der Waals surface area contributed by atoms with E-state index in [1.807, 2.05) is 119 Å². The van der Waals surface area contributed by atoms with E-state index in [1.165, 1.54) is 4.57 Å². The third kappa shape index (κ3) is 17.1. The highest BCUT2D eigenvalue weighted by molar-refractivity contribution is 7.00. The van der Waals surface area contributed by atoms with Gasteiger partial charge in [-0.2, -0.15) is 0 Å². The summed E-state index contributed by atoms with van der Waals surface area (Å²) in [6.07, 6.45) is 0. The van der Waals surface area contributed by atoms with Crippen molar-refractivity contribution in [2.45, 2.75) is 314 Å². The Labute approximate surface area is 898 Å². The van der Waals surface area contributed by atoms with Crippen LogP contribution in [0.2, 0.25) is 0 Å². The first-order valence-corrected chi connectivity index (χ1v) is 51.1. The van der Waals surface area contributed by atoms with Crippen molar-refractivity contribution in [1.29, 1.82) is 0 Å². The zero-order valence-corrected chi connectivity index (χ0v) is 91.4. The summed E-state index contributed by atoms with van der Waals surface area (Å²) in [6.45, 7) is 68.1. The number of fused-ring (bicyclic) bond motifs is 13. The number of hydrogen-bond donors (Lipinski definition) is 0. The van der Waals surface area contributed by atoms with Crippen LogP contribution >= 0.6 is 0 Å². The van der Waals surface area contributed by atoms with E-state index < -0.39 is 239 Å². The summed E-state index contributed by atoms with van der Waals surface area (Å²) in [7, 11) is 0. The minimum Gasteiger partial charge on any atom is -0.310 e. The molecule has 0 spiro atoms. The highest BCUT2D eigenvalue weighted by Gasteiger charge is 2.48. The fourth-order valence-electron chi connectivity index (χ4n) is 20.6. The number of benzene rings is 15. The monoisotopic (exact) mass is 1920 g/mol. The normalized spacial score (nSPS) is 16.5. The predicted octanol–water partition coefficient (Wildman–Crippen LogP) is 37.3. The van der Waals surface area contributed by atoms with Gasteiger partial charge >= 0.3 is 0 Å². The van der Waals surface area contributed by atoms with E-state index in [2.05, 4.69) is 165 Å². The van der Waals surface area contributed by atoms with E-state index in [1.54, 1.807) is 105 Å². The molecule has 0 aliphatic carbocycles. The SMILES string of the molecule is [2H]c1c([2H])c(C(C)(C)C)c([2H])c([2H])c1-c1c([2H])c(C(C)(C)C)c([2H])c(-c2c([2H])c([2H])c(C(C)(C)C)c([2H])c2C(C)(C)C)c1N1c2cc(-n3c4ccc(C(C)(C)C)cc4c4cc(C(C)(C)C)ccc43)ccc2B2c3ccc(-n4c5ccc(C(C)(C)C)cc5c5cc(C(C)(C)C)ccc54)cc3N(c3c(-c4c([2H])c([2H])c(C(C)(C)C)c([2H])c4[2H])c([2H])c(C(C)(C)C)c([2H])c3-c3c([2H])c([2H])c(C(C)(C)C)c([2H])c3C(C)(C)C)c3cc(-n4c5c([2H])c([2H])c([2H])c([2H])c5c5c([2H])c([2H])c([2H])c([2H])c54)cc1c32. The van der Waals surface area contributed by atoms with Gasteiger partial charge in [0.1, 0.15) is 0 Å². The molecule has 2 aliphatic heterocycles. The van der Waals surface area contributed by atoms with Gasteiger partial charge in [-0.15, -0.1) is 0 Å². The number of hydrogen-bond acceptors (Lipinski definition) is 2. The minimum atomic E-state index is -1.39. The van der Waals surface area contributed by atoms with Gasteiger partial charge in [-0.1, -0.05) is 407 Å². The van der Waals surface area contributed by atoms with Crippen LogP contribution in [0.15, 0.2) is 278 Å².